The maximum atomic E-state index is 14.5. The summed E-state index contributed by atoms with van der Waals surface area (Å²) in [5.74, 6) is 0.729. The van der Waals surface area contributed by atoms with E-state index in [2.05, 4.69) is 34.3 Å². The highest BCUT2D eigenvalue weighted by Crippen LogP contribution is 2.62. The molecule has 1 heterocycles. The Balaban J connectivity index is 0.743. The molecular weight excluding hydrogens is 975 g/mol. The fourth-order valence-electron chi connectivity index (χ4n) is 13.9. The van der Waals surface area contributed by atoms with Crippen molar-refractivity contribution in [2.45, 2.75) is 152 Å². The molecule has 3 saturated carbocycles. The highest BCUT2D eigenvalue weighted by molar-refractivity contribution is 5.95. The number of aromatic hydroxyl groups is 1. The van der Waals surface area contributed by atoms with Crippen LogP contribution < -0.4 is 21.3 Å². The number of carbonyl (C=O) groups excluding carboxylic acids is 4. The molecule has 4 fully saturated rings. The van der Waals surface area contributed by atoms with Crippen LogP contribution in [0.1, 0.15) is 138 Å². The van der Waals surface area contributed by atoms with Crippen LogP contribution in [0.25, 0.3) is 0 Å². The second-order valence-corrected chi connectivity index (χ2v) is 22.9. The summed E-state index contributed by atoms with van der Waals surface area (Å²) in [6.07, 6.45) is 14.0. The third kappa shape index (κ3) is 14.9. The number of nitrogens with one attached hydrogen (secondary N) is 4. The molecule has 15 nitrogen and oxygen atoms in total. The van der Waals surface area contributed by atoms with Gasteiger partial charge < -0.3 is 55.3 Å². The third-order valence-corrected chi connectivity index (χ3v) is 18.2. The first-order chi connectivity index (χ1) is 37.5. The summed E-state index contributed by atoms with van der Waals surface area (Å²) in [7, 11) is 1.71. The topological polar surface area (TPSA) is 197 Å². The lowest BCUT2D eigenvalue weighted by Gasteiger charge is -2.53. The van der Waals surface area contributed by atoms with E-state index in [1.54, 1.807) is 18.9 Å². The Hall–Kier alpha value is -4.90. The average molecular weight is 1060 g/mol. The largest absolute Gasteiger partial charge is 0.508 e. The van der Waals surface area contributed by atoms with Crippen LogP contribution in [0.3, 0.4) is 0 Å². The number of aliphatic hydroxyl groups excluding tert-OH is 1. The van der Waals surface area contributed by atoms with E-state index >= 15 is 0 Å². The molecule has 0 aromatic heterocycles. The molecule has 5 aliphatic rings. The number of amides is 4. The van der Waals surface area contributed by atoms with Crippen LogP contribution >= 0.6 is 0 Å². The number of benzene rings is 3. The Morgan fingerprint density at radius 2 is 1.38 bits per heavy atom. The van der Waals surface area contributed by atoms with E-state index in [1.807, 2.05) is 72.8 Å². The van der Waals surface area contributed by atoms with Crippen LogP contribution in [0.4, 0.5) is 0 Å². The van der Waals surface area contributed by atoms with Crippen LogP contribution in [0, 0.1) is 29.1 Å². The molecule has 4 amide bonds. The first-order valence-corrected chi connectivity index (χ1v) is 29.2. The molecule has 0 bridgehead atoms. The average Bonchev–Trinajstić information content (AvgIpc) is 4.08. The molecule has 1 aliphatic heterocycles. The number of carbonyl (C=O) groups is 4. The van der Waals surface area contributed by atoms with Gasteiger partial charge in [0.05, 0.1) is 58.4 Å². The highest BCUT2D eigenvalue weighted by atomic mass is 16.6. The lowest BCUT2D eigenvalue weighted by atomic mass is 9.52. The maximum absolute atomic E-state index is 14.5. The Bertz CT molecular complexity index is 2300. The Labute approximate surface area is 457 Å². The molecule has 0 unspecified atom stereocenters. The van der Waals surface area contributed by atoms with Crippen molar-refractivity contribution in [3.63, 3.8) is 0 Å². The van der Waals surface area contributed by atoms with E-state index in [9.17, 15) is 29.4 Å². The first-order valence-electron chi connectivity index (χ1n) is 29.2. The van der Waals surface area contributed by atoms with Gasteiger partial charge in [0.2, 0.25) is 23.6 Å². The molecular formula is C62H89N5O10. The number of likely N-dealkylation sites (N-methyl/N-ethyl adjacent to an activating group) is 1. The monoisotopic (exact) mass is 1060 g/mol. The number of unbranched alkanes of at least 4 members (excludes halogenated alkanes) is 1. The van der Waals surface area contributed by atoms with Crippen molar-refractivity contribution in [3.05, 3.63) is 101 Å². The van der Waals surface area contributed by atoms with E-state index in [0.717, 1.165) is 94.6 Å². The molecule has 6 N–H and O–H groups in total. The highest BCUT2D eigenvalue weighted by Gasteiger charge is 2.56. The van der Waals surface area contributed by atoms with E-state index in [-0.39, 0.29) is 48.3 Å². The number of rotatable bonds is 28. The Morgan fingerprint density at radius 1 is 0.727 bits per heavy atom. The van der Waals surface area contributed by atoms with Gasteiger partial charge in [-0.05, 0) is 154 Å². The van der Waals surface area contributed by atoms with E-state index in [0.29, 0.717) is 95.1 Å². The zero-order valence-corrected chi connectivity index (χ0v) is 46.1. The molecule has 8 rings (SSSR count). The summed E-state index contributed by atoms with van der Waals surface area (Å²) in [6, 6.07) is 22.3. The molecule has 422 valence electrons. The minimum atomic E-state index is -1.02. The number of hydrogen-bond acceptors (Lipinski definition) is 11. The minimum absolute atomic E-state index is 0.0169. The number of phenols is 1. The Kier molecular flexibility index (Phi) is 21.8. The number of fused-ring (bicyclic) bond motifs is 5. The van der Waals surface area contributed by atoms with Crippen molar-refractivity contribution in [2.75, 3.05) is 73.0 Å². The zero-order chi connectivity index (χ0) is 54.2. The molecule has 3 aromatic rings. The van der Waals surface area contributed by atoms with Crippen molar-refractivity contribution in [3.8, 4) is 5.75 Å². The second kappa shape index (κ2) is 28.8. The lowest BCUT2D eigenvalue weighted by molar-refractivity contribution is -0.143. The van der Waals surface area contributed by atoms with Crippen molar-refractivity contribution in [1.82, 2.24) is 26.2 Å². The lowest BCUT2D eigenvalue weighted by Crippen LogP contribution is -2.59. The van der Waals surface area contributed by atoms with Crippen LogP contribution in [-0.2, 0) is 44.5 Å². The van der Waals surface area contributed by atoms with Gasteiger partial charge in [-0.2, -0.15) is 0 Å². The van der Waals surface area contributed by atoms with E-state index < -0.39 is 36.0 Å². The molecule has 3 aromatic carbocycles. The summed E-state index contributed by atoms with van der Waals surface area (Å²) < 4.78 is 23.3. The van der Waals surface area contributed by atoms with Gasteiger partial charge in [-0.1, -0.05) is 99.3 Å². The predicted molar refractivity (Wildman–Crippen MR) is 296 cm³/mol. The number of aliphatic hydroxyl groups is 1. The van der Waals surface area contributed by atoms with Crippen molar-refractivity contribution >= 4 is 23.6 Å². The Morgan fingerprint density at radius 3 is 2.04 bits per heavy atom. The zero-order valence-electron chi connectivity index (χ0n) is 46.1. The van der Waals surface area contributed by atoms with Gasteiger partial charge in [0.15, 0.2) is 0 Å². The number of hydrogen-bond donors (Lipinski definition) is 6. The number of likely N-dealkylation sites (tertiary alicyclic amines) is 1. The van der Waals surface area contributed by atoms with Gasteiger partial charge in [0.1, 0.15) is 23.9 Å². The first kappa shape index (κ1) is 58.3. The van der Waals surface area contributed by atoms with E-state index in [1.165, 1.54) is 11.1 Å². The normalized spacial score (nSPS) is 25.3. The molecule has 0 spiro atoms. The summed E-state index contributed by atoms with van der Waals surface area (Å²) >= 11 is 0. The van der Waals surface area contributed by atoms with Crippen LogP contribution in [0.2, 0.25) is 0 Å². The van der Waals surface area contributed by atoms with Gasteiger partial charge in [0.25, 0.3) is 0 Å². The van der Waals surface area contributed by atoms with Crippen molar-refractivity contribution in [1.29, 1.82) is 0 Å². The molecule has 10 atom stereocenters. The van der Waals surface area contributed by atoms with E-state index in [4.69, 9.17) is 18.9 Å². The second-order valence-electron chi connectivity index (χ2n) is 22.9. The quantitative estimate of drug-likeness (QED) is 0.0404. The fraction of sp³-hybridized carbons (Fsp3) is 0.645. The SMILES string of the molecule is CN[C@@H](C)C(=O)N[C@H](C(=O)N1CCC[C@H]1C(=O)N[C@H](C(=O)NCCOCCOCCOCCOCCCC[C@@H]1Cc2cc(O)ccc2[C@H]2CC[C@]3(C)[C@@H](O)CC[C@H]3[C@H]12)C(c1ccccc1)c1ccccc1)C1CCCCC1. The summed E-state index contributed by atoms with van der Waals surface area (Å²) in [6.45, 7) is 8.17. The minimum Gasteiger partial charge on any atom is -0.508 e. The molecule has 77 heavy (non-hydrogen) atoms. The van der Waals surface area contributed by atoms with Gasteiger partial charge in [-0.3, -0.25) is 19.2 Å². The fourth-order valence-corrected chi connectivity index (χ4v) is 13.9. The third-order valence-electron chi connectivity index (χ3n) is 18.2. The van der Waals surface area contributed by atoms with Gasteiger partial charge in [-0.15, -0.1) is 0 Å². The maximum Gasteiger partial charge on any atom is 0.246 e. The van der Waals surface area contributed by atoms with Crippen molar-refractivity contribution in [2.24, 2.45) is 29.1 Å². The smallest absolute Gasteiger partial charge is 0.246 e. The molecule has 0 radical (unpaired) electrons. The summed E-state index contributed by atoms with van der Waals surface area (Å²) in [4.78, 5) is 58.2. The molecule has 15 heteroatoms. The summed E-state index contributed by atoms with van der Waals surface area (Å²) in [5.41, 5.74) is 4.46. The van der Waals surface area contributed by atoms with Crippen molar-refractivity contribution < 1.29 is 48.3 Å². The summed E-state index contributed by atoms with van der Waals surface area (Å²) in [5, 5.41) is 33.5. The number of ether oxygens (including phenoxy) is 4. The van der Waals surface area contributed by atoms with Gasteiger partial charge >= 0.3 is 0 Å². The molecule has 1 saturated heterocycles. The van der Waals surface area contributed by atoms with Gasteiger partial charge in [0, 0.05) is 25.6 Å². The van der Waals surface area contributed by atoms with Gasteiger partial charge in [-0.25, -0.2) is 0 Å². The number of phenolic OH excluding ortho intramolecular Hbond substituents is 1. The van der Waals surface area contributed by atoms with Crippen LogP contribution in [0.15, 0.2) is 78.9 Å². The van der Waals surface area contributed by atoms with Crippen LogP contribution in [-0.4, -0.2) is 142 Å². The predicted octanol–water partition coefficient (Wildman–Crippen LogP) is 7.17. The molecule has 4 aliphatic carbocycles. The number of nitrogens with zero attached hydrogens (tertiary/aromatic N) is 1. The van der Waals surface area contributed by atoms with Crippen LogP contribution in [0.5, 0.6) is 5.75 Å². The standard InChI is InChI=1S/C62H89N5O10/c1-42(63-3)58(70)65-56(45-20-11-6-12-21-45)61(73)67-31-15-23-52(67)59(71)66-57(54(43-16-7-4-8-17-43)44-18-9-5-10-19-44)60(72)64-30-33-75-35-37-77-39-38-76-36-34-74-32-14-13-22-46-40-47-41-48(68)24-25-49(47)50-28-29-62(2)51(55(46)50)26-27-53(62)69/h4-5,7-10,16-19,24-25,41-42,45-46,50-57,63,68-69H,6,11-15,20-23,26-40H2,1-3H3,(H,64,72)(H,65,70)(H,66,71)/t42-,46+,50+,51-,52-,53-,55+,56-,57-,62-/m0/s1.